The first kappa shape index (κ1) is 25.6. The summed E-state index contributed by atoms with van der Waals surface area (Å²) >= 11 is 1.56. The van der Waals surface area contributed by atoms with Crippen molar-refractivity contribution in [1.82, 2.24) is 19.7 Å². The number of carbonyl (C=O) groups excluding carboxylic acids is 2. The van der Waals surface area contributed by atoms with E-state index in [1.165, 1.54) is 5.56 Å². The highest BCUT2D eigenvalue weighted by molar-refractivity contribution is 7.09. The molecule has 0 spiro atoms. The van der Waals surface area contributed by atoms with E-state index in [0.717, 1.165) is 54.2 Å². The Morgan fingerprint density at radius 2 is 1.67 bits per heavy atom. The minimum absolute atomic E-state index is 0.0131. The molecule has 0 unspecified atom stereocenters. The Balaban J connectivity index is 0.996. The molecule has 0 bridgehead atoms. The van der Waals surface area contributed by atoms with Crippen LogP contribution in [0.3, 0.4) is 0 Å². The summed E-state index contributed by atoms with van der Waals surface area (Å²) in [6.45, 7) is 5.25. The smallest absolute Gasteiger partial charge is 0.289 e. The van der Waals surface area contributed by atoms with Gasteiger partial charge in [-0.1, -0.05) is 30.3 Å². The maximum atomic E-state index is 13.2. The molecular formula is C30H32N4O4S. The summed E-state index contributed by atoms with van der Waals surface area (Å²) in [5, 5.41) is 3.83. The summed E-state index contributed by atoms with van der Waals surface area (Å²) in [6, 6.07) is 17.6. The van der Waals surface area contributed by atoms with Gasteiger partial charge in [0.05, 0.1) is 12.1 Å². The molecule has 2 saturated heterocycles. The molecule has 0 aliphatic carbocycles. The van der Waals surface area contributed by atoms with Gasteiger partial charge in [0, 0.05) is 62.5 Å². The number of hydrogen-bond donors (Lipinski definition) is 0. The Kier molecular flexibility index (Phi) is 7.34. The maximum absolute atomic E-state index is 13.2. The topological polar surface area (TPSA) is 79.1 Å². The SMILES string of the molecule is COc1ccc(CN2CCN(C(=O)c3csc(C4CCN(C(=O)c5cc6ccccc6o5)CC4)n3)CC2)cc1. The largest absolute Gasteiger partial charge is 0.497 e. The summed E-state index contributed by atoms with van der Waals surface area (Å²) in [5.74, 6) is 1.46. The van der Waals surface area contributed by atoms with E-state index in [1.54, 1.807) is 18.4 Å². The van der Waals surface area contributed by atoms with Gasteiger partial charge in [0.25, 0.3) is 11.8 Å². The summed E-state index contributed by atoms with van der Waals surface area (Å²) in [6.07, 6.45) is 1.66. The zero-order chi connectivity index (χ0) is 26.8. The molecule has 4 heterocycles. The molecule has 6 rings (SSSR count). The molecule has 2 aromatic carbocycles. The van der Waals surface area contributed by atoms with Crippen molar-refractivity contribution in [2.24, 2.45) is 0 Å². The zero-order valence-electron chi connectivity index (χ0n) is 22.0. The van der Waals surface area contributed by atoms with Crippen LogP contribution in [0.25, 0.3) is 11.0 Å². The normalized spacial score (nSPS) is 17.1. The van der Waals surface area contributed by atoms with Gasteiger partial charge >= 0.3 is 0 Å². The number of carbonyl (C=O) groups is 2. The van der Waals surface area contributed by atoms with Gasteiger partial charge in [-0.05, 0) is 42.7 Å². The van der Waals surface area contributed by atoms with Crippen molar-refractivity contribution in [3.8, 4) is 5.75 Å². The van der Waals surface area contributed by atoms with E-state index in [4.69, 9.17) is 14.1 Å². The molecule has 9 heteroatoms. The highest BCUT2D eigenvalue weighted by atomic mass is 32.1. The summed E-state index contributed by atoms with van der Waals surface area (Å²) < 4.78 is 11.0. The lowest BCUT2D eigenvalue weighted by molar-refractivity contribution is 0.0623. The maximum Gasteiger partial charge on any atom is 0.289 e. The van der Waals surface area contributed by atoms with Gasteiger partial charge in [-0.15, -0.1) is 11.3 Å². The first-order chi connectivity index (χ1) is 19.1. The van der Waals surface area contributed by atoms with Gasteiger partial charge < -0.3 is 19.0 Å². The summed E-state index contributed by atoms with van der Waals surface area (Å²) in [4.78, 5) is 37.1. The summed E-state index contributed by atoms with van der Waals surface area (Å²) in [5.41, 5.74) is 2.51. The second kappa shape index (κ2) is 11.2. The van der Waals surface area contributed by atoms with Crippen molar-refractivity contribution in [2.75, 3.05) is 46.4 Å². The first-order valence-electron chi connectivity index (χ1n) is 13.5. The number of likely N-dealkylation sites (tertiary alicyclic amines) is 1. The quantitative estimate of drug-likeness (QED) is 0.345. The Labute approximate surface area is 231 Å². The molecule has 2 aliphatic rings. The third kappa shape index (κ3) is 5.55. The fourth-order valence-corrected chi connectivity index (χ4v) is 6.37. The molecule has 0 N–H and O–H groups in total. The number of methoxy groups -OCH3 is 1. The van der Waals surface area contributed by atoms with Crippen LogP contribution in [0.15, 0.2) is 64.4 Å². The van der Waals surface area contributed by atoms with Crippen LogP contribution in [-0.2, 0) is 6.54 Å². The number of aromatic nitrogens is 1. The number of piperidine rings is 1. The second-order valence-corrected chi connectivity index (χ2v) is 11.1. The van der Waals surface area contributed by atoms with Crippen molar-refractivity contribution < 1.29 is 18.7 Å². The van der Waals surface area contributed by atoms with E-state index < -0.39 is 0 Å². The monoisotopic (exact) mass is 544 g/mol. The molecule has 2 fully saturated rings. The van der Waals surface area contributed by atoms with Crippen molar-refractivity contribution in [1.29, 1.82) is 0 Å². The zero-order valence-corrected chi connectivity index (χ0v) is 22.9. The van der Waals surface area contributed by atoms with E-state index >= 15 is 0 Å². The van der Waals surface area contributed by atoms with E-state index in [2.05, 4.69) is 17.0 Å². The number of ether oxygens (including phenoxy) is 1. The van der Waals surface area contributed by atoms with Crippen molar-refractivity contribution in [3.63, 3.8) is 0 Å². The lowest BCUT2D eigenvalue weighted by Crippen LogP contribution is -2.48. The van der Waals surface area contributed by atoms with Crippen LogP contribution in [0, 0.1) is 0 Å². The predicted molar refractivity (Wildman–Crippen MR) is 150 cm³/mol. The molecular weight excluding hydrogens is 512 g/mol. The molecule has 2 aromatic heterocycles. The average molecular weight is 545 g/mol. The van der Waals surface area contributed by atoms with Crippen molar-refractivity contribution in [2.45, 2.75) is 25.3 Å². The predicted octanol–water partition coefficient (Wildman–Crippen LogP) is 4.88. The highest BCUT2D eigenvalue weighted by Crippen LogP contribution is 2.32. The minimum atomic E-state index is -0.0641. The van der Waals surface area contributed by atoms with Crippen LogP contribution < -0.4 is 4.74 Å². The van der Waals surface area contributed by atoms with E-state index in [0.29, 0.717) is 37.6 Å². The molecule has 39 heavy (non-hydrogen) atoms. The Morgan fingerprint density at radius 3 is 2.38 bits per heavy atom. The van der Waals surface area contributed by atoms with Gasteiger partial charge in [-0.3, -0.25) is 14.5 Å². The third-order valence-electron chi connectivity index (χ3n) is 7.73. The average Bonchev–Trinajstić information content (AvgIpc) is 3.65. The molecule has 0 atom stereocenters. The molecule has 4 aromatic rings. The fourth-order valence-electron chi connectivity index (χ4n) is 5.41. The number of piperazine rings is 1. The molecule has 0 radical (unpaired) electrons. The molecule has 202 valence electrons. The standard InChI is InChI=1S/C30H32N4O4S/c1-37-24-8-6-21(7-9-24)19-32-14-16-34(17-15-32)29(35)25-20-39-28(31-25)22-10-12-33(13-11-22)30(36)27-18-23-4-2-3-5-26(23)38-27/h2-9,18,20,22H,10-17,19H2,1H3. The number of rotatable bonds is 6. The number of para-hydroxylation sites is 1. The Hall–Kier alpha value is -3.69. The van der Waals surface area contributed by atoms with Crippen LogP contribution in [0.1, 0.15) is 50.4 Å². The Morgan fingerprint density at radius 1 is 0.949 bits per heavy atom. The van der Waals surface area contributed by atoms with Gasteiger partial charge in [0.15, 0.2) is 5.76 Å². The number of nitrogens with zero attached hydrogens (tertiary/aromatic N) is 4. The number of fused-ring (bicyclic) bond motifs is 1. The van der Waals surface area contributed by atoms with Crippen LogP contribution in [0.4, 0.5) is 0 Å². The number of benzene rings is 2. The molecule has 0 saturated carbocycles. The van der Waals surface area contributed by atoms with Crippen molar-refractivity contribution in [3.05, 3.63) is 82.0 Å². The van der Waals surface area contributed by atoms with Crippen LogP contribution in [0.5, 0.6) is 5.75 Å². The lowest BCUT2D eigenvalue weighted by Gasteiger charge is -2.34. The first-order valence-corrected chi connectivity index (χ1v) is 14.3. The molecule has 8 nitrogen and oxygen atoms in total. The number of amides is 2. The van der Waals surface area contributed by atoms with E-state index in [9.17, 15) is 9.59 Å². The highest BCUT2D eigenvalue weighted by Gasteiger charge is 2.29. The lowest BCUT2D eigenvalue weighted by atomic mass is 9.97. The number of thiazole rings is 1. The van der Waals surface area contributed by atoms with Crippen LogP contribution in [0.2, 0.25) is 0 Å². The van der Waals surface area contributed by atoms with Gasteiger partial charge in [-0.2, -0.15) is 0 Å². The summed E-state index contributed by atoms with van der Waals surface area (Å²) in [7, 11) is 1.67. The number of hydrogen-bond acceptors (Lipinski definition) is 7. The van der Waals surface area contributed by atoms with Gasteiger partial charge in [0.1, 0.15) is 17.0 Å². The van der Waals surface area contributed by atoms with Crippen LogP contribution in [-0.4, -0.2) is 77.9 Å². The molecule has 2 amide bonds. The number of furan rings is 1. The fraction of sp³-hybridized carbons (Fsp3) is 0.367. The van der Waals surface area contributed by atoms with Crippen molar-refractivity contribution >= 4 is 34.1 Å². The van der Waals surface area contributed by atoms with E-state index in [1.807, 2.05) is 57.6 Å². The van der Waals surface area contributed by atoms with Gasteiger partial charge in [-0.25, -0.2) is 4.98 Å². The minimum Gasteiger partial charge on any atom is -0.497 e. The Bertz CT molecular complexity index is 1410. The second-order valence-electron chi connectivity index (χ2n) is 10.2. The van der Waals surface area contributed by atoms with Crippen LogP contribution >= 0.6 is 11.3 Å². The molecule has 2 aliphatic heterocycles. The van der Waals surface area contributed by atoms with Gasteiger partial charge in [0.2, 0.25) is 0 Å². The third-order valence-corrected chi connectivity index (χ3v) is 8.74. The van der Waals surface area contributed by atoms with E-state index in [-0.39, 0.29) is 17.7 Å².